The Kier molecular flexibility index (Phi) is 4.83. The van der Waals surface area contributed by atoms with Gasteiger partial charge in [-0.2, -0.15) is 0 Å². The van der Waals surface area contributed by atoms with Crippen LogP contribution in [0.15, 0.2) is 24.5 Å². The number of hydrogen-bond donors (Lipinski definition) is 1. The second kappa shape index (κ2) is 5.14. The summed E-state index contributed by atoms with van der Waals surface area (Å²) in [6.45, 7) is 0.378. The van der Waals surface area contributed by atoms with Gasteiger partial charge in [0.05, 0.1) is 5.69 Å². The highest BCUT2D eigenvalue weighted by Gasteiger charge is 1.99. The van der Waals surface area contributed by atoms with Crippen molar-refractivity contribution in [1.29, 1.82) is 0 Å². The first-order valence-electron chi connectivity index (χ1n) is 3.63. The first-order valence-corrected chi connectivity index (χ1v) is 3.63. The highest BCUT2D eigenvalue weighted by atomic mass is 35.5. The van der Waals surface area contributed by atoms with E-state index in [0.29, 0.717) is 6.54 Å². The largest absolute Gasteiger partial charge is 0.325 e. The molecule has 0 amide bonds. The maximum atomic E-state index is 12.7. The molecule has 78 valence electrons. The molecule has 0 spiro atoms. The van der Waals surface area contributed by atoms with E-state index in [0.717, 1.165) is 11.3 Å². The van der Waals surface area contributed by atoms with E-state index in [9.17, 15) is 4.39 Å². The highest BCUT2D eigenvalue weighted by Crippen LogP contribution is 2.05. The molecule has 0 radical (unpaired) electrons. The van der Waals surface area contributed by atoms with E-state index in [2.05, 4.69) is 4.98 Å². The van der Waals surface area contributed by atoms with Crippen molar-refractivity contribution < 1.29 is 4.39 Å². The van der Waals surface area contributed by atoms with E-state index in [1.54, 1.807) is 16.7 Å². The molecule has 14 heavy (non-hydrogen) atoms. The lowest BCUT2D eigenvalue weighted by Crippen LogP contribution is -1.95. The van der Waals surface area contributed by atoms with Gasteiger partial charge in [-0.25, -0.2) is 9.37 Å². The Balaban J connectivity index is 0.000000845. The number of nitrogens with zero attached hydrogens (tertiary/aromatic N) is 2. The average Bonchev–Trinajstić information content (AvgIpc) is 2.46. The van der Waals surface area contributed by atoms with Gasteiger partial charge >= 0.3 is 0 Å². The number of fused-ring (bicyclic) bond motifs is 1. The SMILES string of the molecule is Cl.Cl.NCc1cn2cc(F)ccc2n1. The quantitative estimate of drug-likeness (QED) is 0.822. The molecule has 2 aromatic heterocycles. The molecule has 3 nitrogen and oxygen atoms in total. The van der Waals surface area contributed by atoms with Crippen molar-refractivity contribution in [2.24, 2.45) is 5.73 Å². The molecule has 0 atom stereocenters. The number of rotatable bonds is 1. The van der Waals surface area contributed by atoms with Gasteiger partial charge in [-0.05, 0) is 12.1 Å². The molecule has 0 aromatic carbocycles. The lowest BCUT2D eigenvalue weighted by atomic mass is 10.5. The number of halogens is 3. The van der Waals surface area contributed by atoms with Gasteiger partial charge in [-0.15, -0.1) is 24.8 Å². The number of pyridine rings is 1. The summed E-state index contributed by atoms with van der Waals surface area (Å²) in [7, 11) is 0. The van der Waals surface area contributed by atoms with Crippen LogP contribution in [0.25, 0.3) is 5.65 Å². The Hall–Kier alpha value is -0.840. The Morgan fingerprint density at radius 2 is 2.00 bits per heavy atom. The van der Waals surface area contributed by atoms with Crippen LogP contribution in [-0.2, 0) is 6.54 Å². The third-order valence-electron chi connectivity index (χ3n) is 1.67. The summed E-state index contributed by atoms with van der Waals surface area (Å²) in [6.07, 6.45) is 3.10. The maximum Gasteiger partial charge on any atom is 0.139 e. The predicted molar refractivity (Wildman–Crippen MR) is 57.5 cm³/mol. The molecule has 2 aromatic rings. The standard InChI is InChI=1S/C8H8FN3.2ClH/c9-6-1-2-8-11-7(3-10)5-12(8)4-6;;/h1-2,4-5H,3,10H2;2*1H. The lowest BCUT2D eigenvalue weighted by Gasteiger charge is -1.90. The Morgan fingerprint density at radius 1 is 1.29 bits per heavy atom. The van der Waals surface area contributed by atoms with Crippen LogP contribution in [0.4, 0.5) is 4.39 Å². The molecular weight excluding hydrogens is 228 g/mol. The topological polar surface area (TPSA) is 43.3 Å². The average molecular weight is 238 g/mol. The summed E-state index contributed by atoms with van der Waals surface area (Å²) in [5.41, 5.74) is 6.87. The fraction of sp³-hybridized carbons (Fsp3) is 0.125. The number of imidazole rings is 1. The van der Waals surface area contributed by atoms with Gasteiger partial charge in [-0.3, -0.25) is 0 Å². The minimum Gasteiger partial charge on any atom is -0.325 e. The van der Waals surface area contributed by atoms with Crippen LogP contribution >= 0.6 is 24.8 Å². The van der Waals surface area contributed by atoms with Crippen LogP contribution in [0.2, 0.25) is 0 Å². The zero-order chi connectivity index (χ0) is 8.55. The Labute approximate surface area is 92.9 Å². The van der Waals surface area contributed by atoms with Crippen LogP contribution in [0, 0.1) is 5.82 Å². The van der Waals surface area contributed by atoms with Crippen LogP contribution < -0.4 is 5.73 Å². The van der Waals surface area contributed by atoms with Crippen molar-refractivity contribution in [3.8, 4) is 0 Å². The van der Waals surface area contributed by atoms with Crippen LogP contribution in [0.1, 0.15) is 5.69 Å². The van der Waals surface area contributed by atoms with Gasteiger partial charge in [0.2, 0.25) is 0 Å². The van der Waals surface area contributed by atoms with E-state index in [-0.39, 0.29) is 30.6 Å². The summed E-state index contributed by atoms with van der Waals surface area (Å²) in [5, 5.41) is 0. The van der Waals surface area contributed by atoms with Crippen molar-refractivity contribution >= 4 is 30.5 Å². The summed E-state index contributed by atoms with van der Waals surface area (Å²) in [6, 6.07) is 3.00. The summed E-state index contributed by atoms with van der Waals surface area (Å²) < 4.78 is 14.3. The van der Waals surface area contributed by atoms with E-state index >= 15 is 0 Å². The smallest absolute Gasteiger partial charge is 0.139 e. The van der Waals surface area contributed by atoms with E-state index in [1.165, 1.54) is 12.3 Å². The third kappa shape index (κ3) is 2.35. The maximum absolute atomic E-state index is 12.7. The van der Waals surface area contributed by atoms with Crippen molar-refractivity contribution in [2.75, 3.05) is 0 Å². The fourth-order valence-electron chi connectivity index (χ4n) is 1.12. The second-order valence-corrected chi connectivity index (χ2v) is 2.55. The van der Waals surface area contributed by atoms with Gasteiger partial charge in [0.25, 0.3) is 0 Å². The number of aromatic nitrogens is 2. The van der Waals surface area contributed by atoms with Crippen LogP contribution in [0.3, 0.4) is 0 Å². The van der Waals surface area contributed by atoms with Crippen molar-refractivity contribution in [1.82, 2.24) is 9.38 Å². The van der Waals surface area contributed by atoms with Gasteiger partial charge in [0, 0.05) is 18.9 Å². The predicted octanol–water partition coefficient (Wildman–Crippen LogP) is 1.78. The molecule has 0 aliphatic carbocycles. The van der Waals surface area contributed by atoms with Crippen molar-refractivity contribution in [3.63, 3.8) is 0 Å². The number of nitrogens with two attached hydrogens (primary N) is 1. The van der Waals surface area contributed by atoms with E-state index < -0.39 is 0 Å². The molecule has 6 heteroatoms. The zero-order valence-electron chi connectivity index (χ0n) is 7.18. The zero-order valence-corrected chi connectivity index (χ0v) is 8.82. The van der Waals surface area contributed by atoms with E-state index in [1.807, 2.05) is 0 Å². The summed E-state index contributed by atoms with van der Waals surface area (Å²) in [4.78, 5) is 4.14. The fourth-order valence-corrected chi connectivity index (χ4v) is 1.12. The molecule has 0 aliphatic heterocycles. The minimum absolute atomic E-state index is 0. The van der Waals surface area contributed by atoms with Gasteiger partial charge in [0.15, 0.2) is 0 Å². The summed E-state index contributed by atoms with van der Waals surface area (Å²) >= 11 is 0. The third-order valence-corrected chi connectivity index (χ3v) is 1.67. The Bertz CT molecular complexity index is 416. The van der Waals surface area contributed by atoms with Gasteiger partial charge in [-0.1, -0.05) is 0 Å². The molecule has 2 N–H and O–H groups in total. The lowest BCUT2D eigenvalue weighted by molar-refractivity contribution is 0.619. The summed E-state index contributed by atoms with van der Waals surface area (Å²) in [5.74, 6) is -0.275. The molecule has 0 fully saturated rings. The molecule has 0 saturated carbocycles. The number of hydrogen-bond acceptors (Lipinski definition) is 2. The van der Waals surface area contributed by atoms with Crippen LogP contribution in [0.5, 0.6) is 0 Å². The van der Waals surface area contributed by atoms with Crippen molar-refractivity contribution in [2.45, 2.75) is 6.54 Å². The Morgan fingerprint density at radius 3 is 2.64 bits per heavy atom. The molecule has 0 unspecified atom stereocenters. The van der Waals surface area contributed by atoms with Crippen LogP contribution in [-0.4, -0.2) is 9.38 Å². The molecule has 0 aliphatic rings. The second-order valence-electron chi connectivity index (χ2n) is 2.55. The molecule has 0 saturated heterocycles. The van der Waals surface area contributed by atoms with E-state index in [4.69, 9.17) is 5.73 Å². The highest BCUT2D eigenvalue weighted by molar-refractivity contribution is 5.85. The molecule has 2 rings (SSSR count). The minimum atomic E-state index is -0.275. The first kappa shape index (κ1) is 13.2. The normalized spacial score (nSPS) is 9.29. The first-order chi connectivity index (χ1) is 5.79. The monoisotopic (exact) mass is 237 g/mol. The molecule has 0 bridgehead atoms. The van der Waals surface area contributed by atoms with Gasteiger partial charge < -0.3 is 10.1 Å². The van der Waals surface area contributed by atoms with Gasteiger partial charge in [0.1, 0.15) is 11.5 Å². The molecule has 2 heterocycles. The van der Waals surface area contributed by atoms with Crippen molar-refractivity contribution in [3.05, 3.63) is 36.0 Å². The molecular formula is C8H10Cl2FN3.